The molecule has 242 valence electrons. The molecular formula is C45H36N4O. The van der Waals surface area contributed by atoms with Crippen LogP contribution in [-0.2, 0) is 0 Å². The molecule has 2 atom stereocenters. The number of phenolic OH excluding ortho intramolecular Hbond substituents is 1. The Morgan fingerprint density at radius 3 is 2.16 bits per heavy atom. The maximum Gasteiger partial charge on any atom is 0.148 e. The number of allylic oxidation sites excluding steroid dienone is 4. The molecule has 1 aliphatic rings. The van der Waals surface area contributed by atoms with Gasteiger partial charge < -0.3 is 15.4 Å². The lowest BCUT2D eigenvalue weighted by Crippen LogP contribution is -2.27. The predicted octanol–water partition coefficient (Wildman–Crippen LogP) is 11.0. The minimum absolute atomic E-state index is 0.252. The van der Waals surface area contributed by atoms with Crippen molar-refractivity contribution >= 4 is 60.8 Å². The molecule has 2 unspecified atom stereocenters. The second-order valence-corrected chi connectivity index (χ2v) is 13.1. The summed E-state index contributed by atoms with van der Waals surface area (Å²) in [6.07, 6.45) is 7.46. The highest BCUT2D eigenvalue weighted by Crippen LogP contribution is 2.46. The van der Waals surface area contributed by atoms with E-state index in [9.17, 15) is 5.11 Å². The highest BCUT2D eigenvalue weighted by atomic mass is 16.3. The Morgan fingerprint density at radius 1 is 0.720 bits per heavy atom. The van der Waals surface area contributed by atoms with Crippen molar-refractivity contribution in [2.24, 2.45) is 16.6 Å². The molecule has 3 N–H and O–H groups in total. The largest absolute Gasteiger partial charge is 0.505 e. The Balaban J connectivity index is 1.41. The fourth-order valence-corrected chi connectivity index (χ4v) is 7.65. The SMILES string of the molecule is CC1CC=CC=C1n1c2cc3c(cc2c2ccc(-c4ccccc4)c(O)c21)c1ccccc1n3/C(=N/c1ccccc1)C(N)c1ccccc1. The van der Waals surface area contributed by atoms with Crippen LogP contribution in [0.1, 0.15) is 24.9 Å². The van der Waals surface area contributed by atoms with Crippen LogP contribution in [0.4, 0.5) is 5.69 Å². The number of nitrogens with zero attached hydrogens (tertiary/aromatic N) is 3. The van der Waals surface area contributed by atoms with E-state index < -0.39 is 6.04 Å². The first kappa shape index (κ1) is 29.9. The standard InChI is InChI=1S/C45H36N4O/c1-29-15-11-13-23-38(29)48-40-28-41-36(27-37(40)35-26-25-33(44(50)43(35)48)30-16-5-2-6-17-30)34-22-12-14-24-39(34)49(41)45(47-32-20-9-4-10-21-32)42(46)31-18-7-3-8-19-31/h2-14,16-29,42,50H,15,46H2,1H3/b47-45+. The van der Waals surface area contributed by atoms with Crippen LogP contribution in [-0.4, -0.2) is 20.1 Å². The van der Waals surface area contributed by atoms with Gasteiger partial charge >= 0.3 is 0 Å². The third kappa shape index (κ3) is 4.78. The van der Waals surface area contributed by atoms with E-state index in [1.165, 1.54) is 0 Å². The van der Waals surface area contributed by atoms with Gasteiger partial charge in [0, 0.05) is 38.7 Å². The average Bonchev–Trinajstić information content (AvgIpc) is 3.66. The summed E-state index contributed by atoms with van der Waals surface area (Å²) in [5, 5.41) is 16.5. The second kappa shape index (κ2) is 12.1. The average molecular weight is 649 g/mol. The maximum absolute atomic E-state index is 12.2. The number of rotatable bonds is 5. The Kier molecular flexibility index (Phi) is 7.22. The summed E-state index contributed by atoms with van der Waals surface area (Å²) >= 11 is 0. The Hall–Kier alpha value is -6.17. The molecule has 9 rings (SSSR count). The van der Waals surface area contributed by atoms with Gasteiger partial charge in [-0.05, 0) is 60.0 Å². The molecule has 0 saturated heterocycles. The third-order valence-electron chi connectivity index (χ3n) is 10.1. The molecule has 8 aromatic rings. The van der Waals surface area contributed by atoms with Gasteiger partial charge in [-0.2, -0.15) is 0 Å². The molecule has 0 radical (unpaired) electrons. The summed E-state index contributed by atoms with van der Waals surface area (Å²) in [5.74, 6) is 1.27. The number of aliphatic imine (C=N–C) groups is 1. The number of phenols is 1. The van der Waals surface area contributed by atoms with Gasteiger partial charge in [0.25, 0.3) is 0 Å². The molecule has 2 aromatic heterocycles. The zero-order valence-electron chi connectivity index (χ0n) is 27.7. The van der Waals surface area contributed by atoms with Crippen LogP contribution < -0.4 is 5.73 Å². The van der Waals surface area contributed by atoms with E-state index in [4.69, 9.17) is 10.7 Å². The van der Waals surface area contributed by atoms with E-state index >= 15 is 0 Å². The van der Waals surface area contributed by atoms with Crippen molar-refractivity contribution in [3.8, 4) is 16.9 Å². The summed E-state index contributed by atoms with van der Waals surface area (Å²) in [6, 6.07) is 47.1. The van der Waals surface area contributed by atoms with E-state index in [0.717, 1.165) is 83.9 Å². The van der Waals surface area contributed by atoms with Crippen LogP contribution in [0.25, 0.3) is 60.4 Å². The molecule has 5 nitrogen and oxygen atoms in total. The third-order valence-corrected chi connectivity index (χ3v) is 10.1. The van der Waals surface area contributed by atoms with Gasteiger partial charge in [0.2, 0.25) is 0 Å². The van der Waals surface area contributed by atoms with Crippen LogP contribution in [0.5, 0.6) is 5.75 Å². The molecule has 0 fully saturated rings. The summed E-state index contributed by atoms with van der Waals surface area (Å²) in [5.41, 5.74) is 15.8. The first-order valence-corrected chi connectivity index (χ1v) is 17.2. The van der Waals surface area contributed by atoms with Gasteiger partial charge in [-0.3, -0.25) is 4.57 Å². The summed E-state index contributed by atoms with van der Waals surface area (Å²) in [6.45, 7) is 2.25. The monoisotopic (exact) mass is 648 g/mol. The van der Waals surface area contributed by atoms with E-state index in [1.807, 2.05) is 84.9 Å². The van der Waals surface area contributed by atoms with Crippen molar-refractivity contribution in [3.05, 3.63) is 163 Å². The van der Waals surface area contributed by atoms with Gasteiger partial charge in [0.05, 0.1) is 33.8 Å². The van der Waals surface area contributed by atoms with Crippen molar-refractivity contribution in [1.82, 2.24) is 9.13 Å². The summed E-state index contributed by atoms with van der Waals surface area (Å²) in [7, 11) is 0. The van der Waals surface area contributed by atoms with E-state index in [-0.39, 0.29) is 11.7 Å². The second-order valence-electron chi connectivity index (χ2n) is 13.1. The lowest BCUT2D eigenvalue weighted by molar-refractivity contribution is 0.481. The molecular weight excluding hydrogens is 613 g/mol. The molecule has 0 amide bonds. The minimum Gasteiger partial charge on any atom is -0.505 e. The normalized spacial score (nSPS) is 15.7. The van der Waals surface area contributed by atoms with Crippen LogP contribution in [0.15, 0.2) is 163 Å². The number of aromatic hydroxyl groups is 1. The summed E-state index contributed by atoms with van der Waals surface area (Å²) in [4.78, 5) is 5.27. The van der Waals surface area contributed by atoms with Gasteiger partial charge in [-0.25, -0.2) is 4.99 Å². The number of para-hydroxylation sites is 2. The fraction of sp³-hybridized carbons (Fsp3) is 0.0889. The molecule has 5 heteroatoms. The van der Waals surface area contributed by atoms with Crippen molar-refractivity contribution in [2.75, 3.05) is 0 Å². The predicted molar refractivity (Wildman–Crippen MR) is 209 cm³/mol. The number of aromatic nitrogens is 2. The zero-order valence-corrected chi connectivity index (χ0v) is 27.7. The van der Waals surface area contributed by atoms with Crippen molar-refractivity contribution in [2.45, 2.75) is 19.4 Å². The van der Waals surface area contributed by atoms with Crippen LogP contribution in [0, 0.1) is 5.92 Å². The number of nitrogens with two attached hydrogens (primary N) is 1. The number of fused-ring (bicyclic) bond motifs is 6. The van der Waals surface area contributed by atoms with Gasteiger partial charge in [0.15, 0.2) is 0 Å². The highest BCUT2D eigenvalue weighted by molar-refractivity contribution is 6.23. The molecule has 50 heavy (non-hydrogen) atoms. The number of hydrogen-bond donors (Lipinski definition) is 2. The molecule has 6 aromatic carbocycles. The minimum atomic E-state index is -0.499. The fourth-order valence-electron chi connectivity index (χ4n) is 7.65. The lowest BCUT2D eigenvalue weighted by Gasteiger charge is -2.22. The van der Waals surface area contributed by atoms with Crippen molar-refractivity contribution in [3.63, 3.8) is 0 Å². The maximum atomic E-state index is 12.2. The first-order chi connectivity index (χ1) is 24.6. The van der Waals surface area contributed by atoms with Crippen LogP contribution in [0.3, 0.4) is 0 Å². The van der Waals surface area contributed by atoms with Gasteiger partial charge in [0.1, 0.15) is 11.6 Å². The van der Waals surface area contributed by atoms with Crippen LogP contribution in [0.2, 0.25) is 0 Å². The first-order valence-electron chi connectivity index (χ1n) is 17.2. The van der Waals surface area contributed by atoms with Crippen LogP contribution >= 0.6 is 0 Å². The molecule has 0 aliphatic heterocycles. The molecule has 0 saturated carbocycles. The quantitative estimate of drug-likeness (QED) is 0.144. The van der Waals surface area contributed by atoms with E-state index in [0.29, 0.717) is 0 Å². The Bertz CT molecular complexity index is 2650. The Morgan fingerprint density at radius 2 is 1.40 bits per heavy atom. The molecule has 0 spiro atoms. The molecule has 2 heterocycles. The lowest BCUT2D eigenvalue weighted by atomic mass is 9.98. The van der Waals surface area contributed by atoms with Gasteiger partial charge in [-0.15, -0.1) is 0 Å². The van der Waals surface area contributed by atoms with Crippen molar-refractivity contribution < 1.29 is 5.11 Å². The Labute approximate surface area is 290 Å². The molecule has 0 bridgehead atoms. The number of benzene rings is 6. The summed E-state index contributed by atoms with van der Waals surface area (Å²) < 4.78 is 4.53. The van der Waals surface area contributed by atoms with E-state index in [1.54, 1.807) is 0 Å². The topological polar surface area (TPSA) is 68.5 Å². The van der Waals surface area contributed by atoms with Gasteiger partial charge in [-0.1, -0.05) is 122 Å². The smallest absolute Gasteiger partial charge is 0.148 e. The zero-order chi connectivity index (χ0) is 33.8. The molecule has 1 aliphatic carbocycles. The van der Waals surface area contributed by atoms with Crippen molar-refractivity contribution in [1.29, 1.82) is 0 Å². The number of hydrogen-bond acceptors (Lipinski definition) is 3. The highest BCUT2D eigenvalue weighted by Gasteiger charge is 2.26. The van der Waals surface area contributed by atoms with E-state index in [2.05, 4.69) is 88.9 Å².